The first kappa shape index (κ1) is 12.4. The van der Waals surface area contributed by atoms with E-state index in [1.54, 1.807) is 12.5 Å². The first-order valence-electron chi connectivity index (χ1n) is 6.72. The Bertz CT molecular complexity index is 507. The summed E-state index contributed by atoms with van der Waals surface area (Å²) in [6.07, 6.45) is 7.88. The van der Waals surface area contributed by atoms with Crippen molar-refractivity contribution in [2.24, 2.45) is 0 Å². The smallest absolute Gasteiger partial charge is 0.0946 e. The highest BCUT2D eigenvalue weighted by molar-refractivity contribution is 5.25. The molecule has 19 heavy (non-hydrogen) atoms. The van der Waals surface area contributed by atoms with Gasteiger partial charge in [0.25, 0.3) is 0 Å². The van der Waals surface area contributed by atoms with E-state index in [9.17, 15) is 5.11 Å². The zero-order valence-corrected chi connectivity index (χ0v) is 10.9. The van der Waals surface area contributed by atoms with Crippen LogP contribution < -0.4 is 5.32 Å². The highest BCUT2D eigenvalue weighted by atomic mass is 16.3. The maximum atomic E-state index is 10.0. The lowest BCUT2D eigenvalue weighted by Crippen LogP contribution is -2.49. The first-order chi connectivity index (χ1) is 9.32. The molecule has 0 radical (unpaired) electrons. The summed E-state index contributed by atoms with van der Waals surface area (Å²) in [7, 11) is 0. The molecule has 1 aromatic carbocycles. The van der Waals surface area contributed by atoms with Gasteiger partial charge in [-0.25, -0.2) is 4.98 Å². The summed E-state index contributed by atoms with van der Waals surface area (Å²) in [5.74, 6) is 0. The van der Waals surface area contributed by atoms with Crippen LogP contribution in [-0.2, 0) is 12.1 Å². The van der Waals surface area contributed by atoms with Crippen LogP contribution in [0.2, 0.25) is 0 Å². The maximum absolute atomic E-state index is 10.0. The molecular weight excluding hydrogens is 238 g/mol. The third-order valence-electron chi connectivity index (χ3n) is 3.67. The van der Waals surface area contributed by atoms with Crippen molar-refractivity contribution in [3.05, 3.63) is 54.6 Å². The number of nitrogens with zero attached hydrogens (tertiary/aromatic N) is 2. The van der Waals surface area contributed by atoms with E-state index >= 15 is 0 Å². The van der Waals surface area contributed by atoms with E-state index < -0.39 is 5.54 Å². The average Bonchev–Trinajstić information content (AvgIpc) is 3.12. The van der Waals surface area contributed by atoms with E-state index in [-0.39, 0.29) is 6.61 Å². The summed E-state index contributed by atoms with van der Waals surface area (Å²) >= 11 is 0. The molecule has 4 heteroatoms. The van der Waals surface area contributed by atoms with Crippen LogP contribution in [0.5, 0.6) is 0 Å². The van der Waals surface area contributed by atoms with E-state index in [0.717, 1.165) is 5.56 Å². The molecule has 0 spiro atoms. The quantitative estimate of drug-likeness (QED) is 0.825. The van der Waals surface area contributed by atoms with Crippen LogP contribution in [0.4, 0.5) is 0 Å². The number of aliphatic hydroxyl groups excluding tert-OH is 1. The monoisotopic (exact) mass is 257 g/mol. The molecular formula is C15H19N3O. The van der Waals surface area contributed by atoms with Gasteiger partial charge in [0.15, 0.2) is 0 Å². The van der Waals surface area contributed by atoms with Gasteiger partial charge >= 0.3 is 0 Å². The molecule has 1 aliphatic carbocycles. The van der Waals surface area contributed by atoms with Crippen molar-refractivity contribution >= 4 is 0 Å². The van der Waals surface area contributed by atoms with Crippen molar-refractivity contribution in [1.29, 1.82) is 0 Å². The van der Waals surface area contributed by atoms with E-state index in [1.807, 2.05) is 29.0 Å². The molecule has 1 unspecified atom stereocenters. The standard InChI is InChI=1S/C15H19N3O/c19-11-15(17-14-6-7-14,10-18-9-8-16-12-18)13-4-2-1-3-5-13/h1-5,8-9,12,14,17,19H,6-7,10-11H2. The normalized spacial score (nSPS) is 18.2. The summed E-state index contributed by atoms with van der Waals surface area (Å²) < 4.78 is 2.01. The zero-order chi connectivity index (χ0) is 13.1. The van der Waals surface area contributed by atoms with E-state index in [4.69, 9.17) is 0 Å². The van der Waals surface area contributed by atoms with Gasteiger partial charge in [-0.15, -0.1) is 0 Å². The van der Waals surface area contributed by atoms with Crippen LogP contribution >= 0.6 is 0 Å². The topological polar surface area (TPSA) is 50.1 Å². The third-order valence-corrected chi connectivity index (χ3v) is 3.67. The van der Waals surface area contributed by atoms with E-state index in [0.29, 0.717) is 12.6 Å². The van der Waals surface area contributed by atoms with Gasteiger partial charge in [-0.2, -0.15) is 0 Å². The van der Waals surface area contributed by atoms with Crippen LogP contribution in [0.25, 0.3) is 0 Å². The van der Waals surface area contributed by atoms with Crippen LogP contribution in [0.3, 0.4) is 0 Å². The van der Waals surface area contributed by atoms with Gasteiger partial charge in [-0.05, 0) is 18.4 Å². The molecule has 0 amide bonds. The molecule has 0 saturated heterocycles. The summed E-state index contributed by atoms with van der Waals surface area (Å²) in [6, 6.07) is 10.7. The van der Waals surface area contributed by atoms with E-state index in [2.05, 4.69) is 22.4 Å². The Morgan fingerprint density at radius 1 is 1.32 bits per heavy atom. The summed E-state index contributed by atoms with van der Waals surface area (Å²) in [5.41, 5.74) is 0.696. The van der Waals surface area contributed by atoms with Crippen molar-refractivity contribution in [2.45, 2.75) is 31.0 Å². The second kappa shape index (κ2) is 5.15. The number of hydrogen-bond donors (Lipinski definition) is 2. The zero-order valence-electron chi connectivity index (χ0n) is 10.9. The van der Waals surface area contributed by atoms with Gasteiger partial charge < -0.3 is 15.0 Å². The van der Waals surface area contributed by atoms with Gasteiger partial charge in [0.1, 0.15) is 0 Å². The van der Waals surface area contributed by atoms with Gasteiger partial charge in [0.05, 0.1) is 18.5 Å². The average molecular weight is 257 g/mol. The number of benzene rings is 1. The summed E-state index contributed by atoms with van der Waals surface area (Å²) in [4.78, 5) is 4.08. The minimum Gasteiger partial charge on any atom is -0.394 e. The number of rotatable bonds is 6. The van der Waals surface area contributed by atoms with E-state index in [1.165, 1.54) is 12.8 Å². The summed E-state index contributed by atoms with van der Waals surface area (Å²) in [5, 5.41) is 13.6. The molecule has 1 saturated carbocycles. The fourth-order valence-electron chi connectivity index (χ4n) is 2.47. The molecule has 1 aliphatic rings. The Balaban J connectivity index is 1.92. The Hall–Kier alpha value is -1.65. The molecule has 1 heterocycles. The van der Waals surface area contributed by atoms with Gasteiger partial charge in [0, 0.05) is 25.0 Å². The lowest BCUT2D eigenvalue weighted by Gasteiger charge is -2.34. The molecule has 4 nitrogen and oxygen atoms in total. The lowest BCUT2D eigenvalue weighted by molar-refractivity contribution is 0.139. The highest BCUT2D eigenvalue weighted by Crippen LogP contribution is 2.30. The van der Waals surface area contributed by atoms with Crippen molar-refractivity contribution in [3.63, 3.8) is 0 Å². The Kier molecular flexibility index (Phi) is 3.36. The molecule has 3 rings (SSSR count). The Morgan fingerprint density at radius 3 is 2.68 bits per heavy atom. The molecule has 0 aliphatic heterocycles. The van der Waals surface area contributed by atoms with Gasteiger partial charge in [-0.1, -0.05) is 30.3 Å². The third kappa shape index (κ3) is 2.69. The van der Waals surface area contributed by atoms with Crippen molar-refractivity contribution < 1.29 is 5.11 Å². The maximum Gasteiger partial charge on any atom is 0.0946 e. The highest BCUT2D eigenvalue weighted by Gasteiger charge is 2.37. The van der Waals surface area contributed by atoms with Crippen LogP contribution in [-0.4, -0.2) is 27.3 Å². The van der Waals surface area contributed by atoms with Gasteiger partial charge in [-0.3, -0.25) is 0 Å². The number of imidazole rings is 1. The predicted molar refractivity (Wildman–Crippen MR) is 73.6 cm³/mol. The molecule has 1 aromatic heterocycles. The van der Waals surface area contributed by atoms with Crippen LogP contribution in [0.15, 0.2) is 49.1 Å². The second-order valence-electron chi connectivity index (χ2n) is 5.26. The number of aromatic nitrogens is 2. The largest absolute Gasteiger partial charge is 0.394 e. The van der Waals surface area contributed by atoms with Crippen LogP contribution in [0, 0.1) is 0 Å². The van der Waals surface area contributed by atoms with Crippen molar-refractivity contribution in [1.82, 2.24) is 14.9 Å². The number of hydrogen-bond acceptors (Lipinski definition) is 3. The molecule has 2 aromatic rings. The minimum atomic E-state index is -0.427. The first-order valence-corrected chi connectivity index (χ1v) is 6.72. The number of aliphatic hydroxyl groups is 1. The predicted octanol–water partition coefficient (Wildman–Crippen LogP) is 1.52. The summed E-state index contributed by atoms with van der Waals surface area (Å²) in [6.45, 7) is 0.760. The molecule has 0 bridgehead atoms. The molecule has 1 atom stereocenters. The fraction of sp³-hybridized carbons (Fsp3) is 0.400. The minimum absolute atomic E-state index is 0.0751. The molecule has 2 N–H and O–H groups in total. The molecule has 100 valence electrons. The molecule has 1 fully saturated rings. The SMILES string of the molecule is OCC(Cn1ccnc1)(NC1CC1)c1ccccc1. The Labute approximate surface area is 113 Å². The lowest BCUT2D eigenvalue weighted by atomic mass is 9.90. The number of nitrogens with one attached hydrogen (secondary N) is 1. The van der Waals surface area contributed by atoms with Crippen LogP contribution in [0.1, 0.15) is 18.4 Å². The fourth-order valence-corrected chi connectivity index (χ4v) is 2.47. The van der Waals surface area contributed by atoms with Crippen molar-refractivity contribution in [2.75, 3.05) is 6.61 Å². The van der Waals surface area contributed by atoms with Crippen molar-refractivity contribution in [3.8, 4) is 0 Å². The Morgan fingerprint density at radius 2 is 2.11 bits per heavy atom. The second-order valence-corrected chi connectivity index (χ2v) is 5.26. The van der Waals surface area contributed by atoms with Gasteiger partial charge in [0.2, 0.25) is 0 Å².